The molecule has 1 aromatic carbocycles. The zero-order chi connectivity index (χ0) is 13.0. The van der Waals surface area contributed by atoms with Crippen molar-refractivity contribution < 1.29 is 14.6 Å². The number of para-hydroxylation sites is 1. The van der Waals surface area contributed by atoms with Gasteiger partial charge >= 0.3 is 0 Å². The van der Waals surface area contributed by atoms with Crippen LogP contribution in [-0.2, 0) is 4.79 Å². The minimum Gasteiger partial charge on any atom is -0.496 e. The summed E-state index contributed by atoms with van der Waals surface area (Å²) >= 11 is 0. The van der Waals surface area contributed by atoms with E-state index in [4.69, 9.17) is 4.74 Å². The van der Waals surface area contributed by atoms with Gasteiger partial charge in [0.15, 0.2) is 5.78 Å². The first-order valence-electron chi connectivity index (χ1n) is 6.22. The van der Waals surface area contributed by atoms with Gasteiger partial charge in [-0.1, -0.05) is 18.2 Å². The van der Waals surface area contributed by atoms with Crippen molar-refractivity contribution in [3.63, 3.8) is 0 Å². The smallest absolute Gasteiger partial charge is 0.158 e. The first-order chi connectivity index (χ1) is 8.74. The van der Waals surface area contributed by atoms with Crippen molar-refractivity contribution in [2.24, 2.45) is 5.92 Å². The molecule has 0 aliphatic heterocycles. The van der Waals surface area contributed by atoms with Crippen LogP contribution < -0.4 is 4.74 Å². The molecule has 0 amide bonds. The standard InChI is InChI=1S/C15H18O3/c1-18-15-5-3-2-4-12(15)9-13-8-11(10-16)6-7-14(13)17/h2-5,9,11,16H,6-8,10H2,1H3/b13-9-. The fourth-order valence-corrected chi connectivity index (χ4v) is 2.29. The molecule has 0 spiro atoms. The van der Waals surface area contributed by atoms with Crippen molar-refractivity contribution >= 4 is 11.9 Å². The molecule has 1 atom stereocenters. The third-order valence-electron chi connectivity index (χ3n) is 3.37. The highest BCUT2D eigenvalue weighted by atomic mass is 16.5. The number of carbonyl (C=O) groups is 1. The van der Waals surface area contributed by atoms with Gasteiger partial charge in [-0.2, -0.15) is 0 Å². The van der Waals surface area contributed by atoms with Gasteiger partial charge < -0.3 is 9.84 Å². The van der Waals surface area contributed by atoms with Crippen LogP contribution in [0.5, 0.6) is 5.75 Å². The van der Waals surface area contributed by atoms with Crippen LogP contribution >= 0.6 is 0 Å². The molecule has 3 heteroatoms. The van der Waals surface area contributed by atoms with Crippen LogP contribution in [0.15, 0.2) is 29.8 Å². The number of rotatable bonds is 3. The number of carbonyl (C=O) groups excluding carboxylic acids is 1. The zero-order valence-electron chi connectivity index (χ0n) is 10.6. The Morgan fingerprint density at radius 2 is 2.22 bits per heavy atom. The van der Waals surface area contributed by atoms with Crippen molar-refractivity contribution in [1.29, 1.82) is 0 Å². The first kappa shape index (κ1) is 12.8. The van der Waals surface area contributed by atoms with Crippen LogP contribution in [0.2, 0.25) is 0 Å². The maximum Gasteiger partial charge on any atom is 0.158 e. The summed E-state index contributed by atoms with van der Waals surface area (Å²) in [7, 11) is 1.62. The van der Waals surface area contributed by atoms with Crippen LogP contribution in [0.3, 0.4) is 0 Å². The van der Waals surface area contributed by atoms with E-state index in [-0.39, 0.29) is 18.3 Å². The lowest BCUT2D eigenvalue weighted by Gasteiger charge is -2.21. The predicted octanol–water partition coefficient (Wildman–Crippen LogP) is 2.44. The number of aliphatic hydroxyl groups is 1. The Morgan fingerprint density at radius 3 is 2.94 bits per heavy atom. The first-order valence-corrected chi connectivity index (χ1v) is 6.22. The highest BCUT2D eigenvalue weighted by Gasteiger charge is 2.22. The maximum atomic E-state index is 11.9. The molecule has 1 aliphatic carbocycles. The third-order valence-corrected chi connectivity index (χ3v) is 3.37. The van der Waals surface area contributed by atoms with Crippen molar-refractivity contribution in [3.8, 4) is 5.75 Å². The molecular weight excluding hydrogens is 228 g/mol. The number of aliphatic hydroxyl groups excluding tert-OH is 1. The lowest BCUT2D eigenvalue weighted by atomic mass is 9.84. The molecule has 3 nitrogen and oxygen atoms in total. The van der Waals surface area contributed by atoms with Crippen molar-refractivity contribution in [2.45, 2.75) is 19.3 Å². The number of benzene rings is 1. The van der Waals surface area contributed by atoms with Crippen LogP contribution in [-0.4, -0.2) is 24.6 Å². The average molecular weight is 246 g/mol. The summed E-state index contributed by atoms with van der Waals surface area (Å²) in [5, 5.41) is 9.20. The Bertz CT molecular complexity index is 463. The number of hydrogen-bond acceptors (Lipinski definition) is 3. The number of methoxy groups -OCH3 is 1. The van der Waals surface area contributed by atoms with E-state index >= 15 is 0 Å². The van der Waals surface area contributed by atoms with Gasteiger partial charge in [0.2, 0.25) is 0 Å². The van der Waals surface area contributed by atoms with Gasteiger partial charge in [-0.05, 0) is 36.5 Å². The highest BCUT2D eigenvalue weighted by molar-refractivity contribution is 6.00. The van der Waals surface area contributed by atoms with E-state index in [1.807, 2.05) is 30.3 Å². The molecule has 0 heterocycles. The second-order valence-corrected chi connectivity index (χ2v) is 4.63. The summed E-state index contributed by atoms with van der Waals surface area (Å²) in [5.74, 6) is 1.16. The molecule has 1 saturated carbocycles. The molecule has 1 fully saturated rings. The molecule has 18 heavy (non-hydrogen) atoms. The van der Waals surface area contributed by atoms with E-state index < -0.39 is 0 Å². The van der Waals surface area contributed by atoms with E-state index in [1.54, 1.807) is 7.11 Å². The fourth-order valence-electron chi connectivity index (χ4n) is 2.29. The Balaban J connectivity index is 2.27. The van der Waals surface area contributed by atoms with Crippen molar-refractivity contribution in [2.75, 3.05) is 13.7 Å². The molecule has 0 saturated heterocycles. The van der Waals surface area contributed by atoms with Crippen LogP contribution in [0, 0.1) is 5.92 Å². The normalized spacial score (nSPS) is 22.2. The van der Waals surface area contributed by atoms with Gasteiger partial charge in [-0.25, -0.2) is 0 Å². The Morgan fingerprint density at radius 1 is 1.44 bits per heavy atom. The molecule has 1 N–H and O–H groups in total. The van der Waals surface area contributed by atoms with Crippen LogP contribution in [0.4, 0.5) is 0 Å². The molecule has 0 aromatic heterocycles. The van der Waals surface area contributed by atoms with E-state index in [0.717, 1.165) is 23.3 Å². The molecule has 96 valence electrons. The summed E-state index contributed by atoms with van der Waals surface area (Å²) in [6, 6.07) is 7.64. The van der Waals surface area contributed by atoms with Gasteiger partial charge in [0.25, 0.3) is 0 Å². The number of hydrogen-bond donors (Lipinski definition) is 1. The number of ketones is 1. The summed E-state index contributed by atoms with van der Waals surface area (Å²) in [6.45, 7) is 0.149. The Labute approximate surface area is 107 Å². The Kier molecular flexibility index (Phi) is 4.15. The summed E-state index contributed by atoms with van der Waals surface area (Å²) < 4.78 is 5.27. The van der Waals surface area contributed by atoms with Gasteiger partial charge in [0, 0.05) is 18.6 Å². The van der Waals surface area contributed by atoms with Crippen molar-refractivity contribution in [3.05, 3.63) is 35.4 Å². The lowest BCUT2D eigenvalue weighted by molar-refractivity contribution is -0.117. The summed E-state index contributed by atoms with van der Waals surface area (Å²) in [5.41, 5.74) is 1.71. The largest absolute Gasteiger partial charge is 0.496 e. The minimum atomic E-state index is 0.149. The topological polar surface area (TPSA) is 46.5 Å². The molecule has 0 bridgehead atoms. The molecule has 1 aromatic rings. The quantitative estimate of drug-likeness (QED) is 0.833. The molecule has 2 rings (SSSR count). The summed E-state index contributed by atoms with van der Waals surface area (Å²) in [6.07, 6.45) is 3.88. The van der Waals surface area contributed by atoms with E-state index in [2.05, 4.69) is 0 Å². The van der Waals surface area contributed by atoms with Gasteiger partial charge in [0.1, 0.15) is 5.75 Å². The Hall–Kier alpha value is -1.61. The minimum absolute atomic E-state index is 0.149. The molecule has 1 unspecified atom stereocenters. The molecular formula is C15H18O3. The highest BCUT2D eigenvalue weighted by Crippen LogP contribution is 2.29. The van der Waals surface area contributed by atoms with Gasteiger partial charge in [-0.3, -0.25) is 4.79 Å². The van der Waals surface area contributed by atoms with E-state index in [0.29, 0.717) is 12.8 Å². The average Bonchev–Trinajstić information content (AvgIpc) is 2.42. The van der Waals surface area contributed by atoms with Gasteiger partial charge in [-0.15, -0.1) is 0 Å². The number of Topliss-reactive ketones (excluding diaryl/α,β-unsaturated/α-hetero) is 1. The lowest BCUT2D eigenvalue weighted by Crippen LogP contribution is -2.19. The number of ether oxygens (including phenoxy) is 1. The monoisotopic (exact) mass is 246 g/mol. The maximum absolute atomic E-state index is 11.9. The molecule has 0 radical (unpaired) electrons. The van der Waals surface area contributed by atoms with Crippen LogP contribution in [0.25, 0.3) is 6.08 Å². The van der Waals surface area contributed by atoms with E-state index in [9.17, 15) is 9.90 Å². The van der Waals surface area contributed by atoms with Crippen molar-refractivity contribution in [1.82, 2.24) is 0 Å². The SMILES string of the molecule is COc1ccccc1/C=C1/CC(CO)CCC1=O. The third kappa shape index (κ3) is 2.79. The van der Waals surface area contributed by atoms with E-state index in [1.165, 1.54) is 0 Å². The fraction of sp³-hybridized carbons (Fsp3) is 0.400. The second-order valence-electron chi connectivity index (χ2n) is 4.63. The second kappa shape index (κ2) is 5.83. The number of allylic oxidation sites excluding steroid dienone is 1. The molecule has 1 aliphatic rings. The van der Waals surface area contributed by atoms with Gasteiger partial charge in [0.05, 0.1) is 7.11 Å². The van der Waals surface area contributed by atoms with Crippen LogP contribution in [0.1, 0.15) is 24.8 Å². The zero-order valence-corrected chi connectivity index (χ0v) is 10.6. The summed E-state index contributed by atoms with van der Waals surface area (Å²) in [4.78, 5) is 11.9. The predicted molar refractivity (Wildman–Crippen MR) is 70.4 cm³/mol.